The first-order chi connectivity index (χ1) is 16.2. The molecule has 0 aliphatic heterocycles. The first-order valence-electron chi connectivity index (χ1n) is 10.9. The van der Waals surface area contributed by atoms with Crippen LogP contribution in [-0.2, 0) is 6.42 Å². The van der Waals surface area contributed by atoms with Gasteiger partial charge in [0.2, 0.25) is 0 Å². The molecule has 2 aromatic carbocycles. The van der Waals surface area contributed by atoms with Crippen LogP contribution in [0.4, 0.5) is 11.4 Å². The van der Waals surface area contributed by atoms with Crippen molar-refractivity contribution in [3.63, 3.8) is 0 Å². The van der Waals surface area contributed by atoms with Gasteiger partial charge >= 0.3 is 0 Å². The summed E-state index contributed by atoms with van der Waals surface area (Å²) in [6, 6.07) is 11.2. The summed E-state index contributed by atoms with van der Waals surface area (Å²) in [4.78, 5) is 35.9. The topological polar surface area (TPSA) is 127 Å². The number of hydrazone groups is 1. The first-order valence-corrected chi connectivity index (χ1v) is 10.9. The van der Waals surface area contributed by atoms with Gasteiger partial charge in [-0.2, -0.15) is 5.10 Å². The molecule has 0 atom stereocenters. The molecule has 9 heteroatoms. The number of nitro groups is 1. The van der Waals surface area contributed by atoms with Gasteiger partial charge in [-0.1, -0.05) is 12.1 Å². The van der Waals surface area contributed by atoms with Crippen LogP contribution in [-0.4, -0.2) is 22.4 Å². The summed E-state index contributed by atoms with van der Waals surface area (Å²) in [6.45, 7) is 5.72. The Morgan fingerprint density at radius 2 is 1.76 bits per heavy atom. The van der Waals surface area contributed by atoms with Crippen LogP contribution < -0.4 is 10.7 Å². The van der Waals surface area contributed by atoms with Crippen LogP contribution >= 0.6 is 0 Å². The van der Waals surface area contributed by atoms with E-state index >= 15 is 0 Å². The fraction of sp³-hybridized carbons (Fsp3) is 0.240. The lowest BCUT2D eigenvalue weighted by Crippen LogP contribution is -2.22. The number of carbonyl (C=O) groups is 2. The summed E-state index contributed by atoms with van der Waals surface area (Å²) in [5.41, 5.74) is 7.18. The van der Waals surface area contributed by atoms with E-state index in [2.05, 4.69) is 15.8 Å². The van der Waals surface area contributed by atoms with Crippen LogP contribution in [0.1, 0.15) is 61.8 Å². The van der Waals surface area contributed by atoms with Gasteiger partial charge in [-0.05, 0) is 62.9 Å². The smallest absolute Gasteiger partial charge is 0.291 e. The van der Waals surface area contributed by atoms with E-state index in [1.165, 1.54) is 24.3 Å². The largest absolute Gasteiger partial charge is 0.455 e. The summed E-state index contributed by atoms with van der Waals surface area (Å²) < 4.78 is 5.91. The number of nitro benzene ring substituents is 1. The minimum atomic E-state index is -0.560. The number of aryl methyl sites for hydroxylation is 3. The monoisotopic (exact) mass is 460 g/mol. The average molecular weight is 460 g/mol. The van der Waals surface area contributed by atoms with Gasteiger partial charge in [-0.15, -0.1) is 0 Å². The van der Waals surface area contributed by atoms with Crippen molar-refractivity contribution >= 4 is 28.9 Å². The van der Waals surface area contributed by atoms with Crippen molar-refractivity contribution in [2.24, 2.45) is 5.10 Å². The van der Waals surface area contributed by atoms with E-state index < -0.39 is 10.8 Å². The third-order valence-corrected chi connectivity index (χ3v) is 5.62. The highest BCUT2D eigenvalue weighted by atomic mass is 16.6. The van der Waals surface area contributed by atoms with Gasteiger partial charge in [-0.25, -0.2) is 5.43 Å². The fourth-order valence-corrected chi connectivity index (χ4v) is 4.17. The van der Waals surface area contributed by atoms with Gasteiger partial charge in [0.15, 0.2) is 5.76 Å². The zero-order chi connectivity index (χ0) is 24.4. The molecule has 2 amide bonds. The maximum absolute atomic E-state index is 13.0. The van der Waals surface area contributed by atoms with E-state index in [1.54, 1.807) is 6.92 Å². The summed E-state index contributed by atoms with van der Waals surface area (Å²) in [6.07, 6.45) is 2.01. The molecule has 1 aliphatic carbocycles. The molecule has 0 saturated carbocycles. The van der Waals surface area contributed by atoms with Gasteiger partial charge in [0.25, 0.3) is 17.5 Å². The van der Waals surface area contributed by atoms with Crippen LogP contribution in [0.3, 0.4) is 0 Å². The number of nitrogens with zero attached hydrogens (tertiary/aromatic N) is 2. The minimum Gasteiger partial charge on any atom is -0.455 e. The highest BCUT2D eigenvalue weighted by molar-refractivity contribution is 6.09. The number of rotatable bonds is 5. The van der Waals surface area contributed by atoms with E-state index in [0.717, 1.165) is 23.1 Å². The molecule has 3 aromatic rings. The molecule has 0 radical (unpaired) electrons. The van der Waals surface area contributed by atoms with Crippen molar-refractivity contribution in [2.45, 2.75) is 40.0 Å². The zero-order valence-electron chi connectivity index (χ0n) is 19.1. The highest BCUT2D eigenvalue weighted by Gasteiger charge is 2.28. The molecular formula is C25H24N4O5. The van der Waals surface area contributed by atoms with E-state index in [1.807, 2.05) is 32.0 Å². The number of hydrogen-bond acceptors (Lipinski definition) is 6. The van der Waals surface area contributed by atoms with E-state index in [9.17, 15) is 19.7 Å². The predicted molar refractivity (Wildman–Crippen MR) is 127 cm³/mol. The van der Waals surface area contributed by atoms with Crippen molar-refractivity contribution in [3.05, 3.63) is 91.9 Å². The molecule has 0 fully saturated rings. The van der Waals surface area contributed by atoms with Crippen molar-refractivity contribution in [3.8, 4) is 0 Å². The number of benzene rings is 2. The Labute approximate surface area is 196 Å². The number of fused-ring (bicyclic) bond motifs is 1. The van der Waals surface area contributed by atoms with Crippen LogP contribution in [0.25, 0.3) is 0 Å². The lowest BCUT2D eigenvalue weighted by molar-refractivity contribution is -0.384. The molecule has 9 nitrogen and oxygen atoms in total. The number of nitrogens with one attached hydrogen (secondary N) is 2. The third kappa shape index (κ3) is 4.73. The van der Waals surface area contributed by atoms with Crippen molar-refractivity contribution in [1.82, 2.24) is 5.43 Å². The molecule has 174 valence electrons. The normalized spacial score (nSPS) is 13.9. The van der Waals surface area contributed by atoms with Crippen molar-refractivity contribution in [1.29, 1.82) is 0 Å². The molecule has 34 heavy (non-hydrogen) atoms. The lowest BCUT2D eigenvalue weighted by atomic mass is 9.93. The number of hydrogen-bond donors (Lipinski definition) is 2. The lowest BCUT2D eigenvalue weighted by Gasteiger charge is -2.13. The molecule has 0 bridgehead atoms. The summed E-state index contributed by atoms with van der Waals surface area (Å²) >= 11 is 0. The molecular weight excluding hydrogens is 436 g/mol. The van der Waals surface area contributed by atoms with E-state index in [0.29, 0.717) is 35.6 Å². The van der Waals surface area contributed by atoms with Gasteiger partial charge < -0.3 is 9.73 Å². The number of carbonyl (C=O) groups excluding carboxylic acids is 2. The van der Waals surface area contributed by atoms with Gasteiger partial charge in [-0.3, -0.25) is 19.7 Å². The third-order valence-electron chi connectivity index (χ3n) is 5.62. The number of anilines is 1. The standard InChI is InChI=1S/C25H24N4O5/c1-14-10-15(2)12-18(11-14)26-25(31)23-16(3)22-20(8-5-9-21(22)34-23)27-28-24(30)17-6-4-7-19(13-17)29(32)33/h4,6-7,10-13H,5,8-9H2,1-3H3,(H,26,31)(H,28,30)/b27-20+. The Morgan fingerprint density at radius 3 is 2.47 bits per heavy atom. The molecule has 0 spiro atoms. The SMILES string of the molecule is Cc1cc(C)cc(NC(=O)c2oc3c(c2C)/C(=N/NC(=O)c2cccc([N+](=O)[O-])c2)CCC3)c1. The molecule has 1 aromatic heterocycles. The molecule has 1 aliphatic rings. The van der Waals surface area contributed by atoms with Crippen LogP contribution in [0.2, 0.25) is 0 Å². The van der Waals surface area contributed by atoms with Crippen LogP contribution in [0.5, 0.6) is 0 Å². The Balaban J connectivity index is 1.57. The number of furan rings is 1. The average Bonchev–Trinajstić information content (AvgIpc) is 3.14. The Bertz CT molecular complexity index is 1320. The van der Waals surface area contributed by atoms with E-state index in [4.69, 9.17) is 4.42 Å². The van der Waals surface area contributed by atoms with Gasteiger partial charge in [0, 0.05) is 40.9 Å². The minimum absolute atomic E-state index is 0.131. The molecule has 4 rings (SSSR count). The summed E-state index contributed by atoms with van der Waals surface area (Å²) in [7, 11) is 0. The first kappa shape index (κ1) is 22.9. The second kappa shape index (κ2) is 9.30. The van der Waals surface area contributed by atoms with Crippen molar-refractivity contribution < 1.29 is 18.9 Å². The molecule has 0 saturated heterocycles. The van der Waals surface area contributed by atoms with E-state index in [-0.39, 0.29) is 22.9 Å². The summed E-state index contributed by atoms with van der Waals surface area (Å²) in [5.74, 6) is -0.0458. The Kier molecular flexibility index (Phi) is 6.27. The van der Waals surface area contributed by atoms with Crippen LogP contribution in [0, 0.1) is 30.9 Å². The molecule has 2 N–H and O–H groups in total. The van der Waals surface area contributed by atoms with Gasteiger partial charge in [0.1, 0.15) is 5.76 Å². The Morgan fingerprint density at radius 1 is 1.03 bits per heavy atom. The predicted octanol–water partition coefficient (Wildman–Crippen LogP) is 4.84. The van der Waals surface area contributed by atoms with Crippen molar-refractivity contribution in [2.75, 3.05) is 5.32 Å². The second-order valence-corrected chi connectivity index (χ2v) is 8.35. The molecule has 1 heterocycles. The second-order valence-electron chi connectivity index (χ2n) is 8.35. The highest BCUT2D eigenvalue weighted by Crippen LogP contribution is 2.30. The Hall–Kier alpha value is -4.27. The number of amides is 2. The number of non-ortho nitro benzene ring substituents is 1. The van der Waals surface area contributed by atoms with Gasteiger partial charge in [0.05, 0.1) is 10.6 Å². The zero-order valence-corrected chi connectivity index (χ0v) is 19.1. The fourth-order valence-electron chi connectivity index (χ4n) is 4.17. The molecule has 0 unspecified atom stereocenters. The maximum atomic E-state index is 13.0. The maximum Gasteiger partial charge on any atom is 0.291 e. The quantitative estimate of drug-likeness (QED) is 0.416. The van der Waals surface area contributed by atoms with Crippen LogP contribution in [0.15, 0.2) is 52.0 Å². The summed E-state index contributed by atoms with van der Waals surface area (Å²) in [5, 5.41) is 18.1.